The Morgan fingerprint density at radius 1 is 0.964 bits per heavy atom. The quantitative estimate of drug-likeness (QED) is 0.0873. The van der Waals surface area contributed by atoms with Gasteiger partial charge >= 0.3 is 0 Å². The Morgan fingerprint density at radius 2 is 1.68 bits per heavy atom. The molecule has 0 saturated carbocycles. The van der Waals surface area contributed by atoms with Gasteiger partial charge in [-0.1, -0.05) is 71.4 Å². The molecule has 56 heavy (non-hydrogen) atoms. The van der Waals surface area contributed by atoms with E-state index in [-0.39, 0.29) is 23.1 Å². The summed E-state index contributed by atoms with van der Waals surface area (Å²) in [5.41, 5.74) is 9.40. The van der Waals surface area contributed by atoms with Crippen LogP contribution in [0.3, 0.4) is 0 Å². The van der Waals surface area contributed by atoms with Gasteiger partial charge in [0.1, 0.15) is 5.83 Å². The first-order valence-electron chi connectivity index (χ1n) is 21.0. The molecule has 0 bridgehead atoms. The summed E-state index contributed by atoms with van der Waals surface area (Å²) >= 11 is 0. The van der Waals surface area contributed by atoms with Crippen LogP contribution in [0, 0.1) is 18.8 Å². The van der Waals surface area contributed by atoms with Gasteiger partial charge in [0.25, 0.3) is 0 Å². The second-order valence-electron chi connectivity index (χ2n) is 17.1. The first kappa shape index (κ1) is 42.8. The highest BCUT2D eigenvalue weighted by Gasteiger charge is 2.34. The summed E-state index contributed by atoms with van der Waals surface area (Å²) in [4.78, 5) is 36.1. The number of rotatable bonds is 15. The van der Waals surface area contributed by atoms with Gasteiger partial charge in [0.05, 0.1) is 5.70 Å². The number of carbonyl (C=O) groups excluding carboxylic acids is 2. The maximum atomic E-state index is 16.4. The zero-order valence-corrected chi connectivity index (χ0v) is 35.5. The maximum Gasteiger partial charge on any atom is 0.166 e. The lowest BCUT2D eigenvalue weighted by molar-refractivity contribution is 0.0727. The van der Waals surface area contributed by atoms with Crippen molar-refractivity contribution in [3.05, 3.63) is 112 Å². The molecule has 2 aromatic carbocycles. The molecule has 0 unspecified atom stereocenters. The molecule has 6 nitrogen and oxygen atoms in total. The minimum absolute atomic E-state index is 0.00697. The smallest absolute Gasteiger partial charge is 0.166 e. The number of Topliss-reactive ketones (excluding diaryl/α,β-unsaturated/α-hetero) is 1. The summed E-state index contributed by atoms with van der Waals surface area (Å²) in [5.74, 6) is 0.641. The first-order chi connectivity index (χ1) is 26.8. The summed E-state index contributed by atoms with van der Waals surface area (Å²) in [7, 11) is 0. The fraction of sp³-hybridized carbons (Fsp3) is 0.490. The van der Waals surface area contributed by atoms with Crippen LogP contribution >= 0.6 is 0 Å². The molecule has 2 aliphatic heterocycles. The van der Waals surface area contributed by atoms with Crippen molar-refractivity contribution in [3.63, 3.8) is 0 Å². The van der Waals surface area contributed by atoms with E-state index in [0.717, 1.165) is 111 Å². The summed E-state index contributed by atoms with van der Waals surface area (Å²) in [5, 5.41) is 0. The summed E-state index contributed by atoms with van der Waals surface area (Å²) in [6, 6.07) is 14.2. The molecule has 300 valence electrons. The van der Waals surface area contributed by atoms with E-state index in [2.05, 4.69) is 91.6 Å². The molecule has 0 N–H and O–H groups in total. The zero-order chi connectivity index (χ0) is 40.6. The number of aldehydes is 1. The molecule has 5 rings (SSSR count). The van der Waals surface area contributed by atoms with Gasteiger partial charge in [-0.15, -0.1) is 0 Å². The number of carbonyl (C=O) groups is 2. The maximum absolute atomic E-state index is 16.4. The monoisotopic (exact) mass is 761 g/mol. The van der Waals surface area contributed by atoms with Gasteiger partial charge in [0.15, 0.2) is 12.1 Å². The minimum atomic E-state index is -0.166. The molecule has 0 atom stereocenters. The number of anilines is 1. The number of aromatic nitrogens is 1. The van der Waals surface area contributed by atoms with Gasteiger partial charge in [0.2, 0.25) is 0 Å². The largest absolute Gasteiger partial charge is 0.369 e. The number of unbranched alkanes of at least 4 members (excludes halogenated alkanes) is 1. The summed E-state index contributed by atoms with van der Waals surface area (Å²) in [6.45, 7) is 24.5. The minimum Gasteiger partial charge on any atom is -0.369 e. The SMILES string of the molecule is C\C=C(/C=C(F)\C(=C\CCC)N1CCC(CC(C)(C)N2CCN(c3ccc(C=O)c(C(=O)C(C)C)c3)CC2)CC1)c1ccc(-c2cnccc2C(C)C)c(C)c1. The molecule has 0 spiro atoms. The van der Waals surface area contributed by atoms with Gasteiger partial charge < -0.3 is 9.80 Å². The molecule has 0 radical (unpaired) electrons. The Kier molecular flexibility index (Phi) is 14.7. The Bertz CT molecular complexity index is 1920. The Hall–Kier alpha value is -4.36. The number of allylic oxidation sites excluding steroid dienone is 5. The number of likely N-dealkylation sites (tertiary alicyclic amines) is 1. The van der Waals surface area contributed by atoms with Gasteiger partial charge in [-0.2, -0.15) is 0 Å². The second kappa shape index (κ2) is 19.2. The van der Waals surface area contributed by atoms with Crippen molar-refractivity contribution in [2.45, 2.75) is 106 Å². The van der Waals surface area contributed by atoms with E-state index in [9.17, 15) is 9.59 Å². The van der Waals surface area contributed by atoms with Crippen LogP contribution in [0.1, 0.15) is 131 Å². The molecule has 7 heteroatoms. The predicted octanol–water partition coefficient (Wildman–Crippen LogP) is 11.5. The predicted molar refractivity (Wildman–Crippen MR) is 232 cm³/mol. The van der Waals surface area contributed by atoms with Crippen molar-refractivity contribution >= 4 is 23.3 Å². The van der Waals surface area contributed by atoms with Crippen LogP contribution < -0.4 is 4.90 Å². The van der Waals surface area contributed by atoms with Crippen molar-refractivity contribution in [2.75, 3.05) is 44.2 Å². The van der Waals surface area contributed by atoms with Crippen LogP contribution in [0.4, 0.5) is 10.1 Å². The first-order valence-corrected chi connectivity index (χ1v) is 21.0. The molecule has 0 amide bonds. The molecule has 2 fully saturated rings. The number of piperidine rings is 1. The highest BCUT2D eigenvalue weighted by Crippen LogP contribution is 2.36. The molecule has 2 aliphatic rings. The Balaban J connectivity index is 1.21. The number of ketones is 1. The molecule has 2 saturated heterocycles. The van der Waals surface area contributed by atoms with Gasteiger partial charge in [-0.25, -0.2) is 4.39 Å². The summed E-state index contributed by atoms with van der Waals surface area (Å²) < 4.78 is 16.4. The second-order valence-corrected chi connectivity index (χ2v) is 17.1. The molecular formula is C49H65FN4O2. The van der Waals surface area contributed by atoms with Crippen LogP contribution in [0.15, 0.2) is 84.6 Å². The van der Waals surface area contributed by atoms with Crippen LogP contribution in [-0.4, -0.2) is 71.7 Å². The highest BCUT2D eigenvalue weighted by molar-refractivity contribution is 6.04. The Labute approximate surface area is 336 Å². The van der Waals surface area contributed by atoms with Crippen molar-refractivity contribution in [3.8, 4) is 11.1 Å². The van der Waals surface area contributed by atoms with Gasteiger partial charge in [0, 0.05) is 85.5 Å². The van der Waals surface area contributed by atoms with E-state index >= 15 is 4.39 Å². The third-order valence-electron chi connectivity index (χ3n) is 12.0. The third-order valence-corrected chi connectivity index (χ3v) is 12.0. The number of halogens is 1. The zero-order valence-electron chi connectivity index (χ0n) is 35.5. The van der Waals surface area contributed by atoms with Crippen LogP contribution in [0.2, 0.25) is 0 Å². The molecular weight excluding hydrogens is 696 g/mol. The van der Waals surface area contributed by atoms with E-state index < -0.39 is 0 Å². The van der Waals surface area contributed by atoms with Crippen LogP contribution in [0.25, 0.3) is 16.7 Å². The lowest BCUT2D eigenvalue weighted by atomic mass is 9.83. The number of hydrogen-bond donors (Lipinski definition) is 0. The Morgan fingerprint density at radius 3 is 2.29 bits per heavy atom. The lowest BCUT2D eigenvalue weighted by Gasteiger charge is -2.47. The highest BCUT2D eigenvalue weighted by atomic mass is 19.1. The van der Waals surface area contributed by atoms with Crippen molar-refractivity contribution < 1.29 is 14.0 Å². The van der Waals surface area contributed by atoms with Crippen molar-refractivity contribution in [1.82, 2.24) is 14.8 Å². The fourth-order valence-electron chi connectivity index (χ4n) is 8.63. The standard InChI is InChI=1S/C49H65FN4O2/c1-10-12-13-47(46(50)29-38(11-2)39-15-17-43(36(7)28-39)45-32-51-21-18-42(45)34(3)4)53-22-19-37(20-23-53)31-49(8,9)54-26-24-52(25-27-54)41-16-14-40(33-55)44(30-41)48(56)35(5)6/h11,13-18,21,28-30,32-35,37H,10,12,19-20,22-27,31H2,1-9H3/b38-11+,46-29+,47-13-. The lowest BCUT2D eigenvalue weighted by Crippen LogP contribution is -2.55. The average molecular weight is 761 g/mol. The number of piperazine rings is 1. The van der Waals surface area contributed by atoms with E-state index in [0.29, 0.717) is 23.0 Å². The normalized spacial score (nSPS) is 17.0. The molecule has 3 aromatic rings. The van der Waals surface area contributed by atoms with Crippen molar-refractivity contribution in [1.29, 1.82) is 0 Å². The number of nitrogens with zero attached hydrogens (tertiary/aromatic N) is 4. The van der Waals surface area contributed by atoms with E-state index in [1.165, 1.54) is 11.1 Å². The van der Waals surface area contributed by atoms with E-state index in [1.54, 1.807) is 12.1 Å². The van der Waals surface area contributed by atoms with E-state index in [4.69, 9.17) is 0 Å². The average Bonchev–Trinajstić information content (AvgIpc) is 3.20. The number of hydrogen-bond acceptors (Lipinski definition) is 6. The molecule has 0 aliphatic carbocycles. The summed E-state index contributed by atoms with van der Waals surface area (Å²) in [6.07, 6.45) is 15.4. The number of pyridine rings is 1. The third kappa shape index (κ3) is 10.1. The fourth-order valence-corrected chi connectivity index (χ4v) is 8.63. The molecule has 1 aromatic heterocycles. The van der Waals surface area contributed by atoms with Gasteiger partial charge in [-0.3, -0.25) is 19.5 Å². The number of benzene rings is 2. The van der Waals surface area contributed by atoms with Gasteiger partial charge in [-0.05, 0) is 123 Å². The van der Waals surface area contributed by atoms with E-state index in [1.807, 2.05) is 51.4 Å². The van der Waals surface area contributed by atoms with Crippen LogP contribution in [-0.2, 0) is 0 Å². The topological polar surface area (TPSA) is 56.8 Å². The molecule has 3 heterocycles. The van der Waals surface area contributed by atoms with Crippen LogP contribution in [0.5, 0.6) is 0 Å². The van der Waals surface area contributed by atoms with Crippen molar-refractivity contribution in [2.24, 2.45) is 11.8 Å². The number of aryl methyl sites for hydroxylation is 1.